The molecule has 2 aromatic heterocycles. The molecule has 52 heavy (non-hydrogen) atoms. The van der Waals surface area contributed by atoms with Crippen molar-refractivity contribution in [2.45, 2.75) is 104 Å². The van der Waals surface area contributed by atoms with Crippen LogP contribution in [0, 0.1) is 35.3 Å². The van der Waals surface area contributed by atoms with Gasteiger partial charge in [0.05, 0.1) is 11.4 Å². The summed E-state index contributed by atoms with van der Waals surface area (Å²) >= 11 is 0. The van der Waals surface area contributed by atoms with Gasteiger partial charge in [-0.05, 0) is 91.4 Å². The monoisotopic (exact) mass is 692 g/mol. The highest BCUT2D eigenvalue weighted by atomic mass is 19.1. The molecule has 4 heteroatoms. The van der Waals surface area contributed by atoms with Crippen LogP contribution in [0.5, 0.6) is 0 Å². The number of aryl methyl sites for hydroxylation is 2. The molecule has 5 aromatic rings. The fourth-order valence-electron chi connectivity index (χ4n) is 6.21. The van der Waals surface area contributed by atoms with Gasteiger partial charge in [-0.1, -0.05) is 126 Å². The first-order valence-electron chi connectivity index (χ1n) is 19.2. The first kappa shape index (κ1) is 38.2. The second-order valence-corrected chi connectivity index (χ2v) is 13.6. The van der Waals surface area contributed by atoms with Gasteiger partial charge in [0, 0.05) is 51.8 Å². The zero-order valence-electron chi connectivity index (χ0n) is 30.8. The zero-order valence-corrected chi connectivity index (χ0v) is 30.8. The van der Waals surface area contributed by atoms with Crippen molar-refractivity contribution in [3.63, 3.8) is 0 Å². The van der Waals surface area contributed by atoms with E-state index in [-0.39, 0.29) is 11.1 Å². The van der Waals surface area contributed by atoms with E-state index in [1.807, 2.05) is 0 Å². The summed E-state index contributed by atoms with van der Waals surface area (Å²) in [6, 6.07) is 26.2. The lowest BCUT2D eigenvalue weighted by Crippen LogP contribution is -1.95. The Morgan fingerprint density at radius 2 is 0.788 bits per heavy atom. The van der Waals surface area contributed by atoms with Crippen LogP contribution in [0.4, 0.5) is 8.78 Å². The molecule has 0 bridgehead atoms. The third kappa shape index (κ3) is 12.0. The van der Waals surface area contributed by atoms with Crippen molar-refractivity contribution >= 4 is 0 Å². The zero-order chi connectivity index (χ0) is 36.4. The molecule has 0 amide bonds. The predicted octanol–water partition coefficient (Wildman–Crippen LogP) is 12.7. The lowest BCUT2D eigenvalue weighted by molar-refractivity contribution is 0.587. The van der Waals surface area contributed by atoms with Crippen molar-refractivity contribution in [1.29, 1.82) is 0 Å². The fraction of sp³-hybridized carbons (Fsp3) is 0.333. The maximum atomic E-state index is 15.0. The number of halogens is 2. The van der Waals surface area contributed by atoms with Crippen LogP contribution >= 0.6 is 0 Å². The Kier molecular flexibility index (Phi) is 15.2. The van der Waals surface area contributed by atoms with Crippen molar-refractivity contribution in [2.75, 3.05) is 0 Å². The van der Waals surface area contributed by atoms with E-state index in [1.54, 1.807) is 36.7 Å². The number of rotatable bonds is 16. The van der Waals surface area contributed by atoms with Crippen LogP contribution in [0.1, 0.15) is 124 Å². The molecule has 0 atom stereocenters. The van der Waals surface area contributed by atoms with Crippen molar-refractivity contribution in [3.8, 4) is 46.2 Å². The highest BCUT2D eigenvalue weighted by Gasteiger charge is 2.15. The molecule has 2 nitrogen and oxygen atoms in total. The minimum atomic E-state index is -0.686. The summed E-state index contributed by atoms with van der Waals surface area (Å²) in [6.45, 7) is 4.49. The van der Waals surface area contributed by atoms with Crippen LogP contribution in [-0.2, 0) is 12.8 Å². The Morgan fingerprint density at radius 1 is 0.423 bits per heavy atom. The van der Waals surface area contributed by atoms with Gasteiger partial charge in [0.2, 0.25) is 0 Å². The van der Waals surface area contributed by atoms with Gasteiger partial charge in [-0.3, -0.25) is 9.97 Å². The molecule has 266 valence electrons. The molecule has 0 aliphatic carbocycles. The third-order valence-electron chi connectivity index (χ3n) is 9.38. The van der Waals surface area contributed by atoms with E-state index in [1.165, 1.54) is 94.2 Å². The first-order valence-corrected chi connectivity index (χ1v) is 19.2. The maximum absolute atomic E-state index is 15.0. The smallest absolute Gasteiger partial charge is 0.135 e. The first-order chi connectivity index (χ1) is 25.5. The van der Waals surface area contributed by atoms with Crippen LogP contribution in [0.2, 0.25) is 0 Å². The number of hydrogen-bond acceptors (Lipinski definition) is 2. The summed E-state index contributed by atoms with van der Waals surface area (Å²) in [5.74, 6) is 11.3. The number of nitrogens with zero attached hydrogens (tertiary/aromatic N) is 2. The normalized spacial score (nSPS) is 10.7. The molecular formula is C48H50F2N2. The van der Waals surface area contributed by atoms with E-state index in [9.17, 15) is 0 Å². The lowest BCUT2D eigenvalue weighted by atomic mass is 10.0. The molecule has 0 saturated carbocycles. The van der Waals surface area contributed by atoms with Gasteiger partial charge in [-0.2, -0.15) is 0 Å². The highest BCUT2D eigenvalue weighted by Crippen LogP contribution is 2.30. The standard InChI is InChI=1S/C48H50F2N2/c1-3-5-7-9-11-13-15-37-17-21-39(22-18-37)25-27-41-29-31-47(51-35-41)43-33-44(46(50)34-45(43)49)48-32-30-42(36-52-48)28-26-40-23-19-38(20-24-40)16-14-12-10-8-6-4-2/h17-24,29-36H,3-16H2,1-2H3. The molecule has 0 spiro atoms. The van der Waals surface area contributed by atoms with E-state index in [2.05, 4.69) is 96.0 Å². The minimum absolute atomic E-state index is 0.197. The Balaban J connectivity index is 1.17. The Bertz CT molecular complexity index is 1810. The lowest BCUT2D eigenvalue weighted by Gasteiger charge is -2.08. The van der Waals surface area contributed by atoms with Crippen LogP contribution in [0.15, 0.2) is 97.3 Å². The summed E-state index contributed by atoms with van der Waals surface area (Å²) in [5, 5.41) is 0. The summed E-state index contributed by atoms with van der Waals surface area (Å²) < 4.78 is 30.0. The van der Waals surface area contributed by atoms with Crippen LogP contribution < -0.4 is 0 Å². The Labute approximate surface area is 310 Å². The molecule has 0 radical (unpaired) electrons. The van der Waals surface area contributed by atoms with Crippen molar-refractivity contribution in [2.24, 2.45) is 0 Å². The molecule has 0 unspecified atom stereocenters. The molecule has 0 aliphatic heterocycles. The van der Waals surface area contributed by atoms with Crippen molar-refractivity contribution in [1.82, 2.24) is 9.97 Å². The van der Waals surface area contributed by atoms with Gasteiger partial charge in [-0.15, -0.1) is 0 Å². The second kappa shape index (κ2) is 20.7. The number of aromatic nitrogens is 2. The maximum Gasteiger partial charge on any atom is 0.135 e. The largest absolute Gasteiger partial charge is 0.255 e. The van der Waals surface area contributed by atoms with Crippen LogP contribution in [-0.4, -0.2) is 9.97 Å². The minimum Gasteiger partial charge on any atom is -0.255 e. The molecule has 3 aromatic carbocycles. The van der Waals surface area contributed by atoms with Gasteiger partial charge < -0.3 is 0 Å². The highest BCUT2D eigenvalue weighted by molar-refractivity contribution is 5.71. The van der Waals surface area contributed by atoms with Gasteiger partial charge in [0.1, 0.15) is 11.6 Å². The molecular weight excluding hydrogens is 643 g/mol. The summed E-state index contributed by atoms with van der Waals surface area (Å²) in [5.41, 5.74) is 7.14. The van der Waals surface area contributed by atoms with Crippen LogP contribution in [0.25, 0.3) is 22.5 Å². The van der Waals surface area contributed by atoms with Gasteiger partial charge >= 0.3 is 0 Å². The topological polar surface area (TPSA) is 25.8 Å². The SMILES string of the molecule is CCCCCCCCc1ccc(C#Cc2ccc(-c3cc(-c4ccc(C#Cc5ccc(CCCCCCCC)cc5)cn4)c(F)cc3F)nc2)cc1. The van der Waals surface area contributed by atoms with Crippen molar-refractivity contribution < 1.29 is 8.78 Å². The van der Waals surface area contributed by atoms with Gasteiger partial charge in [-0.25, -0.2) is 8.78 Å². The molecule has 2 heterocycles. The number of hydrogen-bond donors (Lipinski definition) is 0. The van der Waals surface area contributed by atoms with Gasteiger partial charge in [0.25, 0.3) is 0 Å². The molecule has 0 saturated heterocycles. The number of benzene rings is 3. The number of pyridine rings is 2. The molecule has 0 aliphatic rings. The number of unbranched alkanes of at least 4 members (excludes halogenated alkanes) is 10. The third-order valence-corrected chi connectivity index (χ3v) is 9.38. The van der Waals surface area contributed by atoms with E-state index in [0.717, 1.165) is 30.0 Å². The molecule has 0 N–H and O–H groups in total. The van der Waals surface area contributed by atoms with Crippen molar-refractivity contribution in [3.05, 3.63) is 142 Å². The van der Waals surface area contributed by atoms with Gasteiger partial charge in [0.15, 0.2) is 0 Å². The summed E-state index contributed by atoms with van der Waals surface area (Å²) in [6.07, 6.45) is 20.9. The second-order valence-electron chi connectivity index (χ2n) is 13.6. The molecule has 5 rings (SSSR count). The Morgan fingerprint density at radius 3 is 1.17 bits per heavy atom. The summed E-state index contributed by atoms with van der Waals surface area (Å²) in [7, 11) is 0. The summed E-state index contributed by atoms with van der Waals surface area (Å²) in [4.78, 5) is 8.92. The molecule has 0 fully saturated rings. The quantitative estimate of drug-likeness (QED) is 0.0760. The average Bonchev–Trinajstić information content (AvgIpc) is 3.17. The van der Waals surface area contributed by atoms with E-state index >= 15 is 8.78 Å². The van der Waals surface area contributed by atoms with E-state index < -0.39 is 11.6 Å². The Hall–Kier alpha value is -5.06. The van der Waals surface area contributed by atoms with E-state index in [4.69, 9.17) is 0 Å². The predicted molar refractivity (Wildman–Crippen MR) is 212 cm³/mol. The fourth-order valence-corrected chi connectivity index (χ4v) is 6.21. The van der Waals surface area contributed by atoms with Crippen LogP contribution in [0.3, 0.4) is 0 Å². The average molecular weight is 693 g/mol. The van der Waals surface area contributed by atoms with E-state index in [0.29, 0.717) is 22.5 Å².